The van der Waals surface area contributed by atoms with Gasteiger partial charge in [0.1, 0.15) is 0 Å². The third-order valence-corrected chi connectivity index (χ3v) is 1.55. The molecule has 0 N–H and O–H groups in total. The first-order valence-corrected chi connectivity index (χ1v) is 3.68. The number of hydrogen-bond donors (Lipinski definition) is 0. The fourth-order valence-corrected chi connectivity index (χ4v) is 1.16. The third kappa shape index (κ3) is 4.36. The number of carbonyl (C=O) groups excluding carboxylic acids is 1. The minimum absolute atomic E-state index is 0.0897. The summed E-state index contributed by atoms with van der Waals surface area (Å²) in [6.45, 7) is 5.95. The van der Waals surface area contributed by atoms with E-state index in [0.717, 1.165) is 12.8 Å². The molecule has 0 aromatic heterocycles. The number of carboxylic acid groups (broad SMARTS) is 1. The molecule has 0 atom stereocenters. The van der Waals surface area contributed by atoms with Crippen LogP contribution in [0.4, 0.5) is 0 Å². The highest BCUT2D eigenvalue weighted by Crippen LogP contribution is 2.25. The van der Waals surface area contributed by atoms with Gasteiger partial charge in [0.2, 0.25) is 0 Å². The first kappa shape index (κ1) is 9.47. The smallest absolute Gasteiger partial charge is 0.0419 e. The van der Waals surface area contributed by atoms with E-state index in [1.807, 2.05) is 13.8 Å². The van der Waals surface area contributed by atoms with Gasteiger partial charge in [-0.05, 0) is 18.3 Å². The van der Waals surface area contributed by atoms with Gasteiger partial charge < -0.3 is 9.90 Å². The average molecular weight is 143 g/mol. The summed E-state index contributed by atoms with van der Waals surface area (Å²) in [5, 5.41) is 10.2. The van der Waals surface area contributed by atoms with E-state index in [9.17, 15) is 9.90 Å². The van der Waals surface area contributed by atoms with E-state index in [2.05, 4.69) is 6.92 Å². The van der Waals surface area contributed by atoms with Crippen LogP contribution in [0.2, 0.25) is 0 Å². The summed E-state index contributed by atoms with van der Waals surface area (Å²) in [4.78, 5) is 10.2. The van der Waals surface area contributed by atoms with Crippen LogP contribution in [0.1, 0.15) is 40.0 Å². The molecule has 0 aliphatic carbocycles. The van der Waals surface area contributed by atoms with Crippen LogP contribution >= 0.6 is 0 Å². The quantitative estimate of drug-likeness (QED) is 0.588. The SMILES string of the molecule is CCCC(C)(C)CC(=O)[O-]. The van der Waals surface area contributed by atoms with E-state index < -0.39 is 5.97 Å². The van der Waals surface area contributed by atoms with Crippen molar-refractivity contribution in [2.75, 3.05) is 0 Å². The van der Waals surface area contributed by atoms with Gasteiger partial charge in [-0.1, -0.05) is 27.2 Å². The topological polar surface area (TPSA) is 40.1 Å². The molecule has 0 amide bonds. The lowest BCUT2D eigenvalue weighted by molar-refractivity contribution is -0.307. The second kappa shape index (κ2) is 3.59. The Kier molecular flexibility index (Phi) is 3.40. The first-order chi connectivity index (χ1) is 4.48. The molecule has 0 radical (unpaired) electrons. The summed E-state index contributed by atoms with van der Waals surface area (Å²) in [6.07, 6.45) is 2.14. The monoisotopic (exact) mass is 143 g/mol. The highest BCUT2D eigenvalue weighted by Gasteiger charge is 2.15. The second-order valence-electron chi connectivity index (χ2n) is 3.46. The van der Waals surface area contributed by atoms with Crippen LogP contribution < -0.4 is 5.11 Å². The maximum absolute atomic E-state index is 10.2. The van der Waals surface area contributed by atoms with Crippen LogP contribution in [0.15, 0.2) is 0 Å². The zero-order valence-electron chi connectivity index (χ0n) is 6.94. The fourth-order valence-electron chi connectivity index (χ4n) is 1.16. The molecule has 0 heterocycles. The van der Waals surface area contributed by atoms with Gasteiger partial charge in [0, 0.05) is 5.97 Å². The molecule has 10 heavy (non-hydrogen) atoms. The Hall–Kier alpha value is -0.530. The zero-order chi connectivity index (χ0) is 8.20. The minimum atomic E-state index is -0.946. The van der Waals surface area contributed by atoms with Crippen molar-refractivity contribution in [2.24, 2.45) is 5.41 Å². The van der Waals surface area contributed by atoms with Gasteiger partial charge in [-0.15, -0.1) is 0 Å². The Morgan fingerprint density at radius 1 is 1.50 bits per heavy atom. The molecule has 0 saturated heterocycles. The van der Waals surface area contributed by atoms with E-state index in [1.54, 1.807) is 0 Å². The number of hydrogen-bond acceptors (Lipinski definition) is 2. The number of carbonyl (C=O) groups is 1. The minimum Gasteiger partial charge on any atom is -0.550 e. The van der Waals surface area contributed by atoms with E-state index in [1.165, 1.54) is 0 Å². The summed E-state index contributed by atoms with van der Waals surface area (Å²) in [7, 11) is 0. The van der Waals surface area contributed by atoms with Crippen LogP contribution in [0.5, 0.6) is 0 Å². The molecule has 0 bridgehead atoms. The Morgan fingerprint density at radius 2 is 2.00 bits per heavy atom. The molecule has 0 saturated carbocycles. The summed E-state index contributed by atoms with van der Waals surface area (Å²) in [5.74, 6) is -0.946. The lowest BCUT2D eigenvalue weighted by atomic mass is 9.85. The van der Waals surface area contributed by atoms with Gasteiger partial charge in [0.25, 0.3) is 0 Å². The van der Waals surface area contributed by atoms with Crippen LogP contribution in [0.25, 0.3) is 0 Å². The highest BCUT2D eigenvalue weighted by atomic mass is 16.4. The van der Waals surface area contributed by atoms with Crippen molar-refractivity contribution in [1.29, 1.82) is 0 Å². The average Bonchev–Trinajstić information content (AvgIpc) is 1.59. The Labute approximate surface area is 62.2 Å². The molecule has 0 aromatic carbocycles. The molecular weight excluding hydrogens is 128 g/mol. The van der Waals surface area contributed by atoms with Crippen molar-refractivity contribution in [3.8, 4) is 0 Å². The molecule has 0 fully saturated rings. The number of aliphatic carboxylic acids is 1. The van der Waals surface area contributed by atoms with Crippen molar-refractivity contribution < 1.29 is 9.90 Å². The van der Waals surface area contributed by atoms with E-state index in [0.29, 0.717) is 0 Å². The normalized spacial score (nSPS) is 11.5. The molecule has 0 aliphatic heterocycles. The Balaban J connectivity index is 3.74. The van der Waals surface area contributed by atoms with Crippen LogP contribution in [0.3, 0.4) is 0 Å². The van der Waals surface area contributed by atoms with Crippen molar-refractivity contribution in [3.05, 3.63) is 0 Å². The predicted molar refractivity (Wildman–Crippen MR) is 38.3 cm³/mol. The maximum Gasteiger partial charge on any atom is 0.0419 e. The zero-order valence-corrected chi connectivity index (χ0v) is 6.94. The lowest BCUT2D eigenvalue weighted by Gasteiger charge is -2.23. The summed E-state index contributed by atoms with van der Waals surface area (Å²) < 4.78 is 0. The standard InChI is InChI=1S/C8H16O2/c1-4-5-8(2,3)6-7(9)10/h4-6H2,1-3H3,(H,9,10)/p-1. The fraction of sp³-hybridized carbons (Fsp3) is 0.875. The van der Waals surface area contributed by atoms with Crippen LogP contribution in [-0.4, -0.2) is 5.97 Å². The van der Waals surface area contributed by atoms with Gasteiger partial charge >= 0.3 is 0 Å². The molecule has 0 aliphatic rings. The highest BCUT2D eigenvalue weighted by molar-refractivity contribution is 5.65. The van der Waals surface area contributed by atoms with Crippen molar-refractivity contribution in [2.45, 2.75) is 40.0 Å². The molecule has 0 aromatic rings. The van der Waals surface area contributed by atoms with Crippen molar-refractivity contribution in [3.63, 3.8) is 0 Å². The summed E-state index contributed by atoms with van der Waals surface area (Å²) in [5.41, 5.74) is -0.0897. The van der Waals surface area contributed by atoms with Crippen molar-refractivity contribution in [1.82, 2.24) is 0 Å². The molecule has 2 heteroatoms. The van der Waals surface area contributed by atoms with Gasteiger partial charge in [0.15, 0.2) is 0 Å². The molecular formula is C8H15O2-. The van der Waals surface area contributed by atoms with E-state index in [4.69, 9.17) is 0 Å². The number of carboxylic acids is 1. The molecule has 0 rings (SSSR count). The Morgan fingerprint density at radius 3 is 2.30 bits per heavy atom. The Bertz CT molecular complexity index is 116. The molecule has 60 valence electrons. The lowest BCUT2D eigenvalue weighted by Crippen LogP contribution is -2.28. The van der Waals surface area contributed by atoms with Gasteiger partial charge in [-0.3, -0.25) is 0 Å². The summed E-state index contributed by atoms with van der Waals surface area (Å²) in [6, 6.07) is 0. The summed E-state index contributed by atoms with van der Waals surface area (Å²) >= 11 is 0. The largest absolute Gasteiger partial charge is 0.550 e. The second-order valence-corrected chi connectivity index (χ2v) is 3.46. The molecule has 2 nitrogen and oxygen atoms in total. The number of rotatable bonds is 4. The van der Waals surface area contributed by atoms with E-state index >= 15 is 0 Å². The maximum atomic E-state index is 10.2. The van der Waals surface area contributed by atoms with Gasteiger partial charge in [0.05, 0.1) is 0 Å². The van der Waals surface area contributed by atoms with E-state index in [-0.39, 0.29) is 11.8 Å². The van der Waals surface area contributed by atoms with Crippen LogP contribution in [-0.2, 0) is 4.79 Å². The van der Waals surface area contributed by atoms with Crippen LogP contribution in [0, 0.1) is 5.41 Å². The van der Waals surface area contributed by atoms with Gasteiger partial charge in [-0.25, -0.2) is 0 Å². The predicted octanol–water partition coefficient (Wildman–Crippen LogP) is 0.953. The van der Waals surface area contributed by atoms with Gasteiger partial charge in [-0.2, -0.15) is 0 Å². The third-order valence-electron chi connectivity index (χ3n) is 1.55. The molecule has 0 unspecified atom stereocenters. The first-order valence-electron chi connectivity index (χ1n) is 3.68. The van der Waals surface area contributed by atoms with Crippen molar-refractivity contribution >= 4 is 5.97 Å². The molecule has 0 spiro atoms.